The summed E-state index contributed by atoms with van der Waals surface area (Å²) in [6.45, 7) is -3.88. The van der Waals surface area contributed by atoms with Crippen molar-refractivity contribution in [2.75, 3.05) is 18.5 Å². The van der Waals surface area contributed by atoms with Gasteiger partial charge in [0.05, 0.1) is 5.02 Å². The van der Waals surface area contributed by atoms with Crippen LogP contribution in [0.15, 0.2) is 18.2 Å². The molecule has 1 aromatic carbocycles. The van der Waals surface area contributed by atoms with Crippen LogP contribution >= 0.6 is 11.6 Å². The van der Waals surface area contributed by atoms with Crippen LogP contribution in [0.25, 0.3) is 0 Å². The van der Waals surface area contributed by atoms with Crippen molar-refractivity contribution in [3.8, 4) is 5.75 Å². The van der Waals surface area contributed by atoms with Gasteiger partial charge in [0, 0.05) is 12.1 Å². The van der Waals surface area contributed by atoms with Gasteiger partial charge in [-0.1, -0.05) is 11.6 Å². The first-order valence-corrected chi connectivity index (χ1v) is 11.5. The molecule has 33 heavy (non-hydrogen) atoms. The number of benzene rings is 1. The molecule has 10 heteroatoms. The second-order valence-corrected chi connectivity index (χ2v) is 10.0. The van der Waals surface area contributed by atoms with Crippen LogP contribution in [0.4, 0.5) is 14.5 Å². The first kappa shape index (κ1) is 23.7. The molecule has 4 bridgehead atoms. The number of anilines is 1. The van der Waals surface area contributed by atoms with E-state index in [0.717, 1.165) is 37.0 Å². The Morgan fingerprint density at radius 3 is 2.27 bits per heavy atom. The Morgan fingerprint density at radius 1 is 1.06 bits per heavy atom. The van der Waals surface area contributed by atoms with Crippen LogP contribution in [0.2, 0.25) is 5.02 Å². The van der Waals surface area contributed by atoms with Crippen molar-refractivity contribution in [2.24, 2.45) is 23.2 Å². The van der Waals surface area contributed by atoms with Crippen molar-refractivity contribution >= 4 is 35.1 Å². The topological polar surface area (TPSA) is 93.7 Å². The second-order valence-electron chi connectivity index (χ2n) is 9.60. The van der Waals surface area contributed by atoms with Gasteiger partial charge >= 0.3 is 12.6 Å². The summed E-state index contributed by atoms with van der Waals surface area (Å²) in [6.07, 6.45) is 7.67. The first-order chi connectivity index (χ1) is 15.7. The molecule has 4 aliphatic rings. The zero-order chi connectivity index (χ0) is 23.6. The number of nitrogens with one attached hydrogen (secondary N) is 2. The monoisotopic (exact) mass is 484 g/mol. The SMILES string of the molecule is O=C(CC12CC3CC(CC(C3)C1)C2)NCC(=O)OCC(=O)Nc1ccc(OC(F)F)c(Cl)c1. The standard InChI is InChI=1S/C23H27ClF2N2O5/c24-17-6-16(1-2-18(17)33-22(25)26)28-20(30)12-32-21(31)11-27-19(29)10-23-7-13-3-14(8-23)5-15(4-13)9-23/h1-2,6,13-15,22H,3-5,7-12H2,(H,27,29)(H,28,30). The number of ether oxygens (including phenoxy) is 2. The smallest absolute Gasteiger partial charge is 0.387 e. The number of halogens is 3. The van der Waals surface area contributed by atoms with Crippen molar-refractivity contribution in [2.45, 2.75) is 51.6 Å². The van der Waals surface area contributed by atoms with E-state index in [1.807, 2.05) is 0 Å². The van der Waals surface area contributed by atoms with Crippen molar-refractivity contribution in [3.05, 3.63) is 23.2 Å². The highest BCUT2D eigenvalue weighted by atomic mass is 35.5. The molecule has 4 fully saturated rings. The van der Waals surface area contributed by atoms with E-state index < -0.39 is 25.1 Å². The molecule has 0 heterocycles. The Labute approximate surface area is 195 Å². The molecule has 4 saturated carbocycles. The lowest BCUT2D eigenvalue weighted by Gasteiger charge is -2.56. The summed E-state index contributed by atoms with van der Waals surface area (Å²) in [5, 5.41) is 4.96. The third-order valence-corrected chi connectivity index (χ3v) is 7.22. The maximum Gasteiger partial charge on any atom is 0.387 e. The van der Waals surface area contributed by atoms with Crippen molar-refractivity contribution in [1.29, 1.82) is 0 Å². The highest BCUT2D eigenvalue weighted by molar-refractivity contribution is 6.32. The number of hydrogen-bond donors (Lipinski definition) is 2. The molecule has 2 amide bonds. The quantitative estimate of drug-likeness (QED) is 0.514. The van der Waals surface area contributed by atoms with Gasteiger partial charge in [-0.15, -0.1) is 0 Å². The molecule has 7 nitrogen and oxygen atoms in total. The fraction of sp³-hybridized carbons (Fsp3) is 0.609. The number of alkyl halides is 2. The van der Waals surface area contributed by atoms with Crippen LogP contribution in [-0.4, -0.2) is 37.5 Å². The van der Waals surface area contributed by atoms with E-state index in [1.54, 1.807) is 0 Å². The molecule has 0 saturated heterocycles. The third kappa shape index (κ3) is 6.13. The molecule has 180 valence electrons. The summed E-state index contributed by atoms with van der Waals surface area (Å²) in [5.74, 6) is 0.505. The number of carbonyl (C=O) groups is 3. The normalized spacial score (nSPS) is 27.3. The lowest BCUT2D eigenvalue weighted by atomic mass is 9.49. The summed E-state index contributed by atoms with van der Waals surface area (Å²) in [6, 6.07) is 3.76. The number of rotatable bonds is 9. The Morgan fingerprint density at radius 2 is 1.70 bits per heavy atom. The first-order valence-electron chi connectivity index (χ1n) is 11.2. The van der Waals surface area contributed by atoms with Crippen LogP contribution in [0, 0.1) is 23.2 Å². The molecule has 0 unspecified atom stereocenters. The number of carbonyl (C=O) groups excluding carboxylic acids is 3. The molecule has 5 rings (SSSR count). The molecule has 0 spiro atoms. The van der Waals surface area contributed by atoms with Crippen LogP contribution in [0.5, 0.6) is 5.75 Å². The van der Waals surface area contributed by atoms with Crippen LogP contribution in [0.3, 0.4) is 0 Å². The third-order valence-electron chi connectivity index (χ3n) is 6.93. The maximum atomic E-state index is 12.5. The predicted molar refractivity (Wildman–Crippen MR) is 116 cm³/mol. The van der Waals surface area contributed by atoms with Crippen LogP contribution in [0.1, 0.15) is 44.9 Å². The molecular formula is C23H27ClF2N2O5. The number of hydrogen-bond acceptors (Lipinski definition) is 5. The van der Waals surface area contributed by atoms with E-state index in [9.17, 15) is 23.2 Å². The van der Waals surface area contributed by atoms with E-state index in [1.165, 1.54) is 37.5 Å². The average Bonchev–Trinajstić information content (AvgIpc) is 2.71. The minimum Gasteiger partial charge on any atom is -0.454 e. The molecule has 0 atom stereocenters. The fourth-order valence-electron chi connectivity index (χ4n) is 6.24. The molecule has 1 aromatic rings. The Bertz CT molecular complexity index is 891. The Hall–Kier alpha value is -2.42. The van der Waals surface area contributed by atoms with Gasteiger partial charge in [-0.3, -0.25) is 14.4 Å². The molecule has 0 radical (unpaired) electrons. The van der Waals surface area contributed by atoms with Gasteiger partial charge in [0.15, 0.2) is 6.61 Å². The largest absolute Gasteiger partial charge is 0.454 e. The lowest BCUT2D eigenvalue weighted by molar-refractivity contribution is -0.147. The highest BCUT2D eigenvalue weighted by Gasteiger charge is 2.51. The van der Waals surface area contributed by atoms with Gasteiger partial charge in [-0.05, 0) is 79.9 Å². The van der Waals surface area contributed by atoms with Crippen molar-refractivity contribution < 1.29 is 32.6 Å². The van der Waals surface area contributed by atoms with E-state index in [4.69, 9.17) is 16.3 Å². The number of amides is 2. The predicted octanol–water partition coefficient (Wildman–Crippen LogP) is 4.15. The molecule has 0 aliphatic heterocycles. The average molecular weight is 485 g/mol. The van der Waals surface area contributed by atoms with Gasteiger partial charge in [-0.2, -0.15) is 8.78 Å². The number of esters is 1. The minimum absolute atomic E-state index is 0.0831. The van der Waals surface area contributed by atoms with E-state index >= 15 is 0 Å². The lowest BCUT2D eigenvalue weighted by Crippen LogP contribution is -2.48. The van der Waals surface area contributed by atoms with Gasteiger partial charge in [-0.25, -0.2) is 0 Å². The summed E-state index contributed by atoms with van der Waals surface area (Å²) in [5.41, 5.74) is 0.311. The highest BCUT2D eigenvalue weighted by Crippen LogP contribution is 2.61. The van der Waals surface area contributed by atoms with Crippen LogP contribution in [-0.2, 0) is 19.1 Å². The summed E-state index contributed by atoms with van der Waals surface area (Å²) in [4.78, 5) is 36.4. The zero-order valence-corrected chi connectivity index (χ0v) is 18.8. The van der Waals surface area contributed by atoms with Gasteiger partial charge in [0.25, 0.3) is 5.91 Å². The minimum atomic E-state index is -3.02. The van der Waals surface area contributed by atoms with E-state index in [2.05, 4.69) is 15.4 Å². The van der Waals surface area contributed by atoms with E-state index in [-0.39, 0.29) is 34.3 Å². The second kappa shape index (κ2) is 9.83. The van der Waals surface area contributed by atoms with Gasteiger partial charge in [0.2, 0.25) is 5.91 Å². The van der Waals surface area contributed by atoms with Crippen molar-refractivity contribution in [3.63, 3.8) is 0 Å². The van der Waals surface area contributed by atoms with Crippen LogP contribution < -0.4 is 15.4 Å². The maximum absolute atomic E-state index is 12.5. The Kier molecular flexibility index (Phi) is 7.07. The summed E-state index contributed by atoms with van der Waals surface area (Å²) < 4.78 is 33.7. The van der Waals surface area contributed by atoms with Crippen molar-refractivity contribution in [1.82, 2.24) is 5.32 Å². The summed E-state index contributed by atoms with van der Waals surface area (Å²) in [7, 11) is 0. The van der Waals surface area contributed by atoms with Gasteiger partial charge < -0.3 is 20.1 Å². The molecular weight excluding hydrogens is 458 g/mol. The van der Waals surface area contributed by atoms with E-state index in [0.29, 0.717) is 6.42 Å². The zero-order valence-electron chi connectivity index (χ0n) is 18.1. The molecule has 0 aromatic heterocycles. The summed E-state index contributed by atoms with van der Waals surface area (Å²) >= 11 is 5.83. The van der Waals surface area contributed by atoms with Gasteiger partial charge in [0.1, 0.15) is 12.3 Å². The Balaban J connectivity index is 1.16. The molecule has 4 aliphatic carbocycles. The molecule has 2 N–H and O–H groups in total. The fourth-order valence-corrected chi connectivity index (χ4v) is 6.47.